The number of aliphatic hydroxyl groups excluding tert-OH is 1. The summed E-state index contributed by atoms with van der Waals surface area (Å²) in [6.07, 6.45) is -0.306. The molecule has 0 aromatic heterocycles. The first-order valence-corrected chi connectivity index (χ1v) is 7.51. The molecule has 4 unspecified atom stereocenters. The van der Waals surface area contributed by atoms with Gasteiger partial charge in [-0.2, -0.15) is 11.8 Å². The Morgan fingerprint density at radius 3 is 2.06 bits per heavy atom. The highest BCUT2D eigenvalue weighted by Crippen LogP contribution is 2.34. The van der Waals surface area contributed by atoms with Crippen molar-refractivity contribution in [3.05, 3.63) is 35.9 Å². The molecule has 0 aliphatic heterocycles. The zero-order valence-corrected chi connectivity index (χ0v) is 12.5. The monoisotopic (exact) mass is 267 g/mol. The Kier molecular flexibility index (Phi) is 6.19. The second-order valence-corrected chi connectivity index (χ2v) is 6.79. The topological polar surface area (TPSA) is 46.2 Å². The Morgan fingerprint density at radius 2 is 1.61 bits per heavy atom. The fraction of sp³-hybridized carbons (Fsp3) is 0.600. The molecule has 0 aliphatic rings. The van der Waals surface area contributed by atoms with Crippen LogP contribution in [-0.2, 0) is 0 Å². The van der Waals surface area contributed by atoms with Crippen molar-refractivity contribution in [2.75, 3.05) is 0 Å². The molecule has 0 radical (unpaired) electrons. The van der Waals surface area contributed by atoms with Crippen molar-refractivity contribution in [1.82, 2.24) is 0 Å². The van der Waals surface area contributed by atoms with E-state index in [1.165, 1.54) is 5.56 Å². The standard InChI is InChI=1S/C15H25NOS/c1-10(2)15(18-12(4)11(3)17)14(16)13-8-6-5-7-9-13/h5-12,14-15,17H,16H2,1-4H3. The Morgan fingerprint density at radius 1 is 1.06 bits per heavy atom. The van der Waals surface area contributed by atoms with Crippen molar-refractivity contribution < 1.29 is 5.11 Å². The van der Waals surface area contributed by atoms with Crippen LogP contribution in [0, 0.1) is 5.92 Å². The van der Waals surface area contributed by atoms with Gasteiger partial charge in [-0.3, -0.25) is 0 Å². The van der Waals surface area contributed by atoms with E-state index in [0.717, 1.165) is 0 Å². The summed E-state index contributed by atoms with van der Waals surface area (Å²) < 4.78 is 0. The molecule has 1 aromatic rings. The predicted molar refractivity (Wildman–Crippen MR) is 80.7 cm³/mol. The third-order valence-corrected chi connectivity index (χ3v) is 5.22. The molecule has 102 valence electrons. The molecule has 4 atom stereocenters. The second kappa shape index (κ2) is 7.17. The third-order valence-electron chi connectivity index (χ3n) is 3.25. The summed E-state index contributed by atoms with van der Waals surface area (Å²) in [5.74, 6) is 0.478. The average Bonchev–Trinajstić information content (AvgIpc) is 2.35. The molecule has 0 saturated heterocycles. The lowest BCUT2D eigenvalue weighted by Gasteiger charge is -2.30. The maximum absolute atomic E-state index is 9.64. The zero-order chi connectivity index (χ0) is 13.7. The minimum Gasteiger partial charge on any atom is -0.392 e. The van der Waals surface area contributed by atoms with Gasteiger partial charge in [0.05, 0.1) is 6.10 Å². The fourth-order valence-corrected chi connectivity index (χ4v) is 3.25. The van der Waals surface area contributed by atoms with Gasteiger partial charge < -0.3 is 10.8 Å². The SMILES string of the molecule is CC(C)C(SC(C)C(C)O)C(N)c1ccccc1. The second-order valence-electron chi connectivity index (χ2n) is 5.23. The molecule has 3 heteroatoms. The van der Waals surface area contributed by atoms with Crippen LogP contribution < -0.4 is 5.73 Å². The van der Waals surface area contributed by atoms with Crippen molar-refractivity contribution >= 4 is 11.8 Å². The van der Waals surface area contributed by atoms with Crippen LogP contribution in [-0.4, -0.2) is 21.7 Å². The summed E-state index contributed by atoms with van der Waals surface area (Å²) in [6.45, 7) is 8.27. The van der Waals surface area contributed by atoms with Crippen molar-refractivity contribution in [2.24, 2.45) is 11.7 Å². The Labute approximate surface area is 115 Å². The van der Waals surface area contributed by atoms with Gasteiger partial charge in [-0.15, -0.1) is 0 Å². The van der Waals surface area contributed by atoms with Crippen LogP contribution in [0.4, 0.5) is 0 Å². The minimum absolute atomic E-state index is 0.0115. The van der Waals surface area contributed by atoms with Crippen molar-refractivity contribution in [2.45, 2.75) is 50.3 Å². The van der Waals surface area contributed by atoms with Crippen molar-refractivity contribution in [3.8, 4) is 0 Å². The van der Waals surface area contributed by atoms with Gasteiger partial charge in [0, 0.05) is 16.5 Å². The van der Waals surface area contributed by atoms with Crippen LogP contribution >= 0.6 is 11.8 Å². The predicted octanol–water partition coefficient (Wildman–Crippen LogP) is 3.21. The summed E-state index contributed by atoms with van der Waals surface area (Å²) in [6, 6.07) is 10.2. The van der Waals surface area contributed by atoms with E-state index in [1.54, 1.807) is 11.8 Å². The quantitative estimate of drug-likeness (QED) is 0.832. The zero-order valence-electron chi connectivity index (χ0n) is 11.7. The largest absolute Gasteiger partial charge is 0.392 e. The Balaban J connectivity index is 2.79. The van der Waals surface area contributed by atoms with E-state index < -0.39 is 0 Å². The van der Waals surface area contributed by atoms with Crippen LogP contribution in [0.1, 0.15) is 39.3 Å². The molecule has 3 N–H and O–H groups in total. The van der Waals surface area contributed by atoms with E-state index in [2.05, 4.69) is 32.9 Å². The molecule has 1 rings (SSSR count). The first kappa shape index (κ1) is 15.5. The molecule has 2 nitrogen and oxygen atoms in total. The number of nitrogens with two attached hydrogens (primary N) is 1. The fourth-order valence-electron chi connectivity index (χ4n) is 1.88. The van der Waals surface area contributed by atoms with Gasteiger partial charge in [0.25, 0.3) is 0 Å². The summed E-state index contributed by atoms with van der Waals surface area (Å²) in [5, 5.41) is 10.2. The third kappa shape index (κ3) is 4.30. The highest BCUT2D eigenvalue weighted by Gasteiger charge is 2.26. The molecule has 0 spiro atoms. The first-order valence-electron chi connectivity index (χ1n) is 6.57. The van der Waals surface area contributed by atoms with Gasteiger partial charge in [-0.1, -0.05) is 51.1 Å². The van der Waals surface area contributed by atoms with Crippen LogP contribution in [0.25, 0.3) is 0 Å². The van der Waals surface area contributed by atoms with Gasteiger partial charge in [-0.05, 0) is 18.4 Å². The van der Waals surface area contributed by atoms with Crippen LogP contribution in [0.15, 0.2) is 30.3 Å². The highest BCUT2D eigenvalue weighted by atomic mass is 32.2. The van der Waals surface area contributed by atoms with Gasteiger partial charge in [0.2, 0.25) is 0 Å². The number of rotatable bonds is 6. The Bertz CT molecular complexity index is 340. The average molecular weight is 267 g/mol. The number of hydrogen-bond acceptors (Lipinski definition) is 3. The minimum atomic E-state index is -0.306. The number of hydrogen-bond donors (Lipinski definition) is 2. The smallest absolute Gasteiger partial charge is 0.0628 e. The maximum Gasteiger partial charge on any atom is 0.0628 e. The molecule has 0 aliphatic carbocycles. The lowest BCUT2D eigenvalue weighted by Crippen LogP contribution is -2.31. The van der Waals surface area contributed by atoms with Crippen LogP contribution in [0.5, 0.6) is 0 Å². The summed E-state index contributed by atoms with van der Waals surface area (Å²) in [5.41, 5.74) is 7.55. The summed E-state index contributed by atoms with van der Waals surface area (Å²) in [4.78, 5) is 0. The number of benzene rings is 1. The van der Waals surface area contributed by atoms with E-state index in [4.69, 9.17) is 5.73 Å². The number of aliphatic hydroxyl groups is 1. The molecular formula is C15H25NOS. The van der Waals surface area contributed by atoms with Crippen LogP contribution in [0.3, 0.4) is 0 Å². The maximum atomic E-state index is 9.64. The molecular weight excluding hydrogens is 242 g/mol. The molecule has 0 bridgehead atoms. The lowest BCUT2D eigenvalue weighted by molar-refractivity contribution is 0.196. The lowest BCUT2D eigenvalue weighted by atomic mass is 9.97. The van der Waals surface area contributed by atoms with Crippen molar-refractivity contribution in [3.63, 3.8) is 0 Å². The first-order chi connectivity index (χ1) is 8.43. The van der Waals surface area contributed by atoms with Gasteiger partial charge in [0.1, 0.15) is 0 Å². The molecule has 18 heavy (non-hydrogen) atoms. The van der Waals surface area contributed by atoms with E-state index in [9.17, 15) is 5.11 Å². The van der Waals surface area contributed by atoms with Gasteiger partial charge in [-0.25, -0.2) is 0 Å². The van der Waals surface area contributed by atoms with Gasteiger partial charge in [0.15, 0.2) is 0 Å². The summed E-state index contributed by atoms with van der Waals surface area (Å²) >= 11 is 1.79. The van der Waals surface area contributed by atoms with E-state index in [-0.39, 0.29) is 17.4 Å². The molecule has 0 saturated carbocycles. The Hall–Kier alpha value is -0.510. The molecule has 0 fully saturated rings. The van der Waals surface area contributed by atoms with E-state index in [0.29, 0.717) is 11.2 Å². The van der Waals surface area contributed by atoms with Crippen LogP contribution in [0.2, 0.25) is 0 Å². The molecule has 0 amide bonds. The number of thioether (sulfide) groups is 1. The van der Waals surface area contributed by atoms with E-state index in [1.807, 2.05) is 25.1 Å². The normalized spacial score (nSPS) is 18.4. The highest BCUT2D eigenvalue weighted by molar-refractivity contribution is 8.00. The molecule has 1 aromatic carbocycles. The summed E-state index contributed by atoms with van der Waals surface area (Å²) in [7, 11) is 0. The van der Waals surface area contributed by atoms with Gasteiger partial charge >= 0.3 is 0 Å². The van der Waals surface area contributed by atoms with Crippen molar-refractivity contribution in [1.29, 1.82) is 0 Å². The molecule has 0 heterocycles. The van der Waals surface area contributed by atoms with E-state index >= 15 is 0 Å².